The predicted molar refractivity (Wildman–Crippen MR) is 188 cm³/mol. The van der Waals surface area contributed by atoms with Crippen molar-refractivity contribution in [2.24, 2.45) is 0 Å². The highest BCUT2D eigenvalue weighted by Crippen LogP contribution is 2.21. The molecule has 2 atom stereocenters. The van der Waals surface area contributed by atoms with E-state index in [0.717, 1.165) is 51.4 Å². The minimum Gasteiger partial charge on any atom is -0.459 e. The molecule has 1 rings (SSSR count). The van der Waals surface area contributed by atoms with E-state index < -0.39 is 0 Å². The molecule has 1 aromatic carbocycles. The Kier molecular flexibility index (Phi) is 26.1. The van der Waals surface area contributed by atoms with Crippen LogP contribution in [-0.2, 0) is 9.47 Å². The van der Waals surface area contributed by atoms with Crippen molar-refractivity contribution < 1.29 is 19.1 Å². The molecule has 4 nitrogen and oxygen atoms in total. The lowest BCUT2D eigenvalue weighted by Gasteiger charge is -2.19. The highest BCUT2D eigenvalue weighted by atomic mass is 16.5. The van der Waals surface area contributed by atoms with Gasteiger partial charge in [0.1, 0.15) is 12.2 Å². The molecular weight excluding hydrogens is 544 g/mol. The zero-order valence-corrected chi connectivity index (χ0v) is 29.5. The van der Waals surface area contributed by atoms with Gasteiger partial charge in [0.15, 0.2) is 0 Å². The maximum Gasteiger partial charge on any atom is 0.338 e. The summed E-state index contributed by atoms with van der Waals surface area (Å²) in [6.07, 6.45) is 30.8. The molecule has 0 aliphatic carbocycles. The predicted octanol–water partition coefficient (Wildman–Crippen LogP) is 13.0. The molecule has 0 saturated heterocycles. The Morgan fingerprint density at radius 3 is 0.909 bits per heavy atom. The summed E-state index contributed by atoms with van der Waals surface area (Å²) in [7, 11) is 0. The quantitative estimate of drug-likeness (QED) is 0.0639. The second-order valence-electron chi connectivity index (χ2n) is 13.2. The van der Waals surface area contributed by atoms with Crippen LogP contribution >= 0.6 is 0 Å². The Balaban J connectivity index is 2.64. The van der Waals surface area contributed by atoms with E-state index in [1.807, 2.05) is 0 Å². The Bertz CT molecular complexity index is 735. The van der Waals surface area contributed by atoms with Crippen molar-refractivity contribution in [3.05, 3.63) is 35.4 Å². The number of rotatable bonds is 30. The smallest absolute Gasteiger partial charge is 0.338 e. The van der Waals surface area contributed by atoms with Gasteiger partial charge in [0.05, 0.1) is 11.1 Å². The fraction of sp³-hybridized carbons (Fsp3) is 0.800. The second-order valence-corrected chi connectivity index (χ2v) is 13.2. The maximum atomic E-state index is 13.1. The zero-order valence-electron chi connectivity index (χ0n) is 29.5. The van der Waals surface area contributed by atoms with Gasteiger partial charge in [-0.25, -0.2) is 9.59 Å². The number of esters is 2. The van der Waals surface area contributed by atoms with Crippen LogP contribution in [0, 0.1) is 0 Å². The Morgan fingerprint density at radius 2 is 0.636 bits per heavy atom. The van der Waals surface area contributed by atoms with E-state index in [9.17, 15) is 9.59 Å². The van der Waals surface area contributed by atoms with Gasteiger partial charge >= 0.3 is 11.9 Å². The van der Waals surface area contributed by atoms with Gasteiger partial charge in [0.25, 0.3) is 0 Å². The van der Waals surface area contributed by atoms with Crippen LogP contribution in [0.2, 0.25) is 0 Å². The molecule has 0 amide bonds. The average Bonchev–Trinajstić information content (AvgIpc) is 3.03. The lowest BCUT2D eigenvalue weighted by atomic mass is 10.0. The molecule has 0 saturated carbocycles. The second kappa shape index (κ2) is 28.6. The Morgan fingerprint density at radius 1 is 0.409 bits per heavy atom. The number of unbranched alkanes of at least 4 members (excludes halogenated alkanes) is 18. The summed E-state index contributed by atoms with van der Waals surface area (Å²) in [5.41, 5.74) is 1.03. The molecule has 0 N–H and O–H groups in total. The van der Waals surface area contributed by atoms with Crippen LogP contribution in [0.4, 0.5) is 0 Å². The van der Waals surface area contributed by atoms with Gasteiger partial charge in [0.2, 0.25) is 0 Å². The first-order valence-corrected chi connectivity index (χ1v) is 19.1. The molecule has 0 aliphatic heterocycles. The molecule has 0 bridgehead atoms. The van der Waals surface area contributed by atoms with Crippen molar-refractivity contribution in [1.29, 1.82) is 0 Å². The minimum absolute atomic E-state index is 0.0280. The summed E-state index contributed by atoms with van der Waals surface area (Å²) in [6, 6.07) is 6.92. The number of ether oxygens (including phenoxy) is 2. The van der Waals surface area contributed by atoms with Gasteiger partial charge in [-0.15, -0.1) is 0 Å². The number of benzene rings is 1. The molecule has 2 unspecified atom stereocenters. The third kappa shape index (κ3) is 21.0. The maximum absolute atomic E-state index is 13.1. The van der Waals surface area contributed by atoms with Crippen LogP contribution in [-0.4, -0.2) is 24.1 Å². The van der Waals surface area contributed by atoms with Crippen LogP contribution in [0.5, 0.6) is 0 Å². The van der Waals surface area contributed by atoms with Crippen molar-refractivity contribution in [3.8, 4) is 0 Å². The lowest BCUT2D eigenvalue weighted by Crippen LogP contribution is -2.20. The van der Waals surface area contributed by atoms with Crippen molar-refractivity contribution in [3.63, 3.8) is 0 Å². The number of carbonyl (C=O) groups excluding carboxylic acids is 2. The first-order chi connectivity index (χ1) is 21.5. The fourth-order valence-corrected chi connectivity index (χ4v) is 5.96. The van der Waals surface area contributed by atoms with Crippen molar-refractivity contribution >= 4 is 11.9 Å². The molecule has 44 heavy (non-hydrogen) atoms. The lowest BCUT2D eigenvalue weighted by molar-refractivity contribution is 0.0234. The summed E-state index contributed by atoms with van der Waals surface area (Å²) in [5.74, 6) is -0.554. The van der Waals surface area contributed by atoms with E-state index in [-0.39, 0.29) is 24.1 Å². The molecule has 0 fully saturated rings. The average molecular weight is 615 g/mol. The van der Waals surface area contributed by atoms with Gasteiger partial charge in [-0.05, 0) is 75.6 Å². The van der Waals surface area contributed by atoms with Gasteiger partial charge in [0, 0.05) is 0 Å². The molecule has 0 aromatic heterocycles. The SMILES string of the molecule is CCCCCCCCCC(CCCCCC)OC(=O)c1ccc(C(=O)OC(CCCCCC)CCCCCCCCC)cc1. The van der Waals surface area contributed by atoms with E-state index in [1.54, 1.807) is 24.3 Å². The number of hydrogen-bond acceptors (Lipinski definition) is 4. The largest absolute Gasteiger partial charge is 0.459 e. The summed E-state index contributed by atoms with van der Waals surface area (Å²) < 4.78 is 12.0. The number of carbonyl (C=O) groups is 2. The fourth-order valence-electron chi connectivity index (χ4n) is 5.96. The van der Waals surface area contributed by atoms with E-state index >= 15 is 0 Å². The van der Waals surface area contributed by atoms with Crippen molar-refractivity contribution in [2.75, 3.05) is 0 Å². The van der Waals surface area contributed by atoms with Crippen LogP contribution < -0.4 is 0 Å². The van der Waals surface area contributed by atoms with Crippen LogP contribution in [0.25, 0.3) is 0 Å². The Hall–Kier alpha value is -1.84. The van der Waals surface area contributed by atoms with Gasteiger partial charge in [-0.1, -0.05) is 143 Å². The topological polar surface area (TPSA) is 52.6 Å². The molecule has 1 aromatic rings. The molecule has 0 radical (unpaired) electrons. The first kappa shape index (κ1) is 40.2. The standard InChI is InChI=1S/C40H70O4/c1-5-9-13-17-19-21-25-29-37(27-23-15-11-7-3)43-39(41)35-31-33-36(34-32-35)40(42)44-38(28-24-16-12-8-4)30-26-22-20-18-14-10-6-2/h31-34,37-38H,5-30H2,1-4H3. The third-order valence-electron chi connectivity index (χ3n) is 8.92. The van der Waals surface area contributed by atoms with Crippen LogP contribution in [0.3, 0.4) is 0 Å². The summed E-state index contributed by atoms with van der Waals surface area (Å²) in [4.78, 5) is 26.1. The molecule has 0 aliphatic rings. The first-order valence-electron chi connectivity index (χ1n) is 19.1. The number of hydrogen-bond donors (Lipinski definition) is 0. The zero-order chi connectivity index (χ0) is 32.1. The minimum atomic E-state index is -0.277. The highest BCUT2D eigenvalue weighted by molar-refractivity contribution is 5.93. The molecular formula is C40H70O4. The van der Waals surface area contributed by atoms with E-state index in [4.69, 9.17) is 9.47 Å². The summed E-state index contributed by atoms with van der Waals surface area (Å²) in [5, 5.41) is 0. The summed E-state index contributed by atoms with van der Waals surface area (Å²) in [6.45, 7) is 8.95. The third-order valence-corrected chi connectivity index (χ3v) is 8.92. The molecule has 0 spiro atoms. The monoisotopic (exact) mass is 615 g/mol. The molecule has 254 valence electrons. The van der Waals surface area contributed by atoms with Gasteiger partial charge in [-0.2, -0.15) is 0 Å². The van der Waals surface area contributed by atoms with E-state index in [2.05, 4.69) is 27.7 Å². The Labute approximate surface area is 272 Å². The van der Waals surface area contributed by atoms with Crippen molar-refractivity contribution in [2.45, 2.75) is 207 Å². The van der Waals surface area contributed by atoms with Crippen LogP contribution in [0.15, 0.2) is 24.3 Å². The van der Waals surface area contributed by atoms with Crippen LogP contribution in [0.1, 0.15) is 215 Å². The van der Waals surface area contributed by atoms with Gasteiger partial charge in [-0.3, -0.25) is 0 Å². The molecule has 4 heteroatoms. The van der Waals surface area contributed by atoms with Crippen molar-refractivity contribution in [1.82, 2.24) is 0 Å². The van der Waals surface area contributed by atoms with Gasteiger partial charge < -0.3 is 9.47 Å². The molecule has 0 heterocycles. The normalized spacial score (nSPS) is 12.6. The van der Waals surface area contributed by atoms with E-state index in [0.29, 0.717) is 11.1 Å². The summed E-state index contributed by atoms with van der Waals surface area (Å²) >= 11 is 0. The highest BCUT2D eigenvalue weighted by Gasteiger charge is 2.19. The van der Waals surface area contributed by atoms with E-state index in [1.165, 1.54) is 116 Å².